The van der Waals surface area contributed by atoms with Crippen LogP contribution in [-0.4, -0.2) is 32.5 Å². The van der Waals surface area contributed by atoms with Gasteiger partial charge in [-0.15, -0.1) is 0 Å². The van der Waals surface area contributed by atoms with Gasteiger partial charge in [-0.2, -0.15) is 0 Å². The number of aromatic hydroxyl groups is 1. The number of hydrogen-bond donors (Lipinski definition) is 3. The third-order valence-corrected chi connectivity index (χ3v) is 7.74. The summed E-state index contributed by atoms with van der Waals surface area (Å²) in [6.07, 6.45) is 9.19. The minimum absolute atomic E-state index is 0.192. The maximum absolute atomic E-state index is 13.2. The van der Waals surface area contributed by atoms with Crippen molar-refractivity contribution < 1.29 is 19.1 Å². The van der Waals surface area contributed by atoms with Crippen molar-refractivity contribution in [3.8, 4) is 28.3 Å². The third-order valence-electron chi connectivity index (χ3n) is 7.74. The number of hydrogen-bond acceptors (Lipinski definition) is 5. The van der Waals surface area contributed by atoms with Gasteiger partial charge in [0.15, 0.2) is 0 Å². The first-order valence-corrected chi connectivity index (χ1v) is 14.0. The summed E-state index contributed by atoms with van der Waals surface area (Å²) in [5.41, 5.74) is 5.51. The van der Waals surface area contributed by atoms with Crippen LogP contribution < -0.4 is 10.6 Å². The molecule has 0 bridgehead atoms. The number of furan rings is 1. The zero-order valence-electron chi connectivity index (χ0n) is 22.8. The maximum Gasteiger partial charge on any atom is 0.251 e. The molecule has 3 aromatic carbocycles. The van der Waals surface area contributed by atoms with E-state index in [1.165, 1.54) is 19.3 Å². The fourth-order valence-corrected chi connectivity index (χ4v) is 5.57. The predicted octanol–water partition coefficient (Wildman–Crippen LogP) is 6.93. The van der Waals surface area contributed by atoms with Gasteiger partial charge in [-0.25, -0.2) is 4.98 Å². The standard InChI is InChI=1S/C33H32N4O4/c1-21(32(39)35-26-7-5-6-23(18-26)22-10-13-28(38)14-11-22)34-33(40)24-12-15-30-29(19-24)36-31(25-16-17-41-20-25)37(30)27-8-3-2-4-9-27/h5-7,10-21,27,38H,2-4,8-9H2,1H3,(H,34,40)(H,35,39). The molecular formula is C33H32N4O4. The Hall–Kier alpha value is -4.85. The molecule has 208 valence electrons. The van der Waals surface area contributed by atoms with Gasteiger partial charge in [-0.3, -0.25) is 9.59 Å². The van der Waals surface area contributed by atoms with Crippen molar-refractivity contribution in [2.75, 3.05) is 5.32 Å². The molecule has 2 heterocycles. The van der Waals surface area contributed by atoms with Crippen LogP contribution in [0.2, 0.25) is 0 Å². The van der Waals surface area contributed by atoms with Crippen LogP contribution in [-0.2, 0) is 4.79 Å². The fourth-order valence-electron chi connectivity index (χ4n) is 5.57. The van der Waals surface area contributed by atoms with E-state index in [2.05, 4.69) is 15.2 Å². The molecule has 2 aromatic heterocycles. The molecule has 0 saturated heterocycles. The van der Waals surface area contributed by atoms with E-state index in [9.17, 15) is 14.7 Å². The Morgan fingerprint density at radius 2 is 1.76 bits per heavy atom. The Labute approximate surface area is 238 Å². The van der Waals surface area contributed by atoms with Crippen molar-refractivity contribution >= 4 is 28.5 Å². The molecule has 8 heteroatoms. The summed E-state index contributed by atoms with van der Waals surface area (Å²) in [6.45, 7) is 1.66. The molecule has 5 aromatic rings. The molecular weight excluding hydrogens is 516 g/mol. The highest BCUT2D eigenvalue weighted by Gasteiger charge is 2.24. The highest BCUT2D eigenvalue weighted by Crippen LogP contribution is 2.36. The number of phenolic OH excluding ortho intramolecular Hbond substituents is 1. The Balaban J connectivity index is 1.18. The van der Waals surface area contributed by atoms with Crippen LogP contribution in [0.25, 0.3) is 33.5 Å². The first kappa shape index (κ1) is 26.4. The molecule has 1 atom stereocenters. The van der Waals surface area contributed by atoms with Crippen molar-refractivity contribution in [2.45, 2.75) is 51.1 Å². The first-order valence-electron chi connectivity index (χ1n) is 14.0. The van der Waals surface area contributed by atoms with Gasteiger partial charge in [-0.05, 0) is 79.4 Å². The first-order chi connectivity index (χ1) is 20.0. The van der Waals surface area contributed by atoms with Gasteiger partial charge in [0.25, 0.3) is 5.91 Å². The van der Waals surface area contributed by atoms with E-state index in [1.807, 2.05) is 42.5 Å². The van der Waals surface area contributed by atoms with Gasteiger partial charge >= 0.3 is 0 Å². The normalized spacial score (nSPS) is 14.6. The SMILES string of the molecule is CC(NC(=O)c1ccc2c(c1)nc(-c1ccoc1)n2C1CCCCC1)C(=O)Nc1cccc(-c2ccc(O)cc2)c1. The van der Waals surface area contributed by atoms with Gasteiger partial charge in [-0.1, -0.05) is 43.5 Å². The number of aromatic nitrogens is 2. The summed E-state index contributed by atoms with van der Waals surface area (Å²) in [4.78, 5) is 31.0. The zero-order chi connectivity index (χ0) is 28.3. The van der Waals surface area contributed by atoms with Crippen LogP contribution in [0.4, 0.5) is 5.69 Å². The van der Waals surface area contributed by atoms with Crippen molar-refractivity contribution in [1.82, 2.24) is 14.9 Å². The van der Waals surface area contributed by atoms with Crippen molar-refractivity contribution in [3.05, 3.63) is 90.9 Å². The lowest BCUT2D eigenvalue weighted by atomic mass is 9.95. The Morgan fingerprint density at radius 3 is 2.51 bits per heavy atom. The number of carbonyl (C=O) groups is 2. The van der Waals surface area contributed by atoms with E-state index in [0.29, 0.717) is 17.3 Å². The number of anilines is 1. The Bertz CT molecular complexity index is 1680. The number of phenols is 1. The Kier molecular flexibility index (Phi) is 7.29. The van der Waals surface area contributed by atoms with Crippen molar-refractivity contribution in [1.29, 1.82) is 0 Å². The molecule has 0 aliphatic heterocycles. The lowest BCUT2D eigenvalue weighted by Crippen LogP contribution is -2.41. The quantitative estimate of drug-likeness (QED) is 0.204. The second kappa shape index (κ2) is 11.3. The van der Waals surface area contributed by atoms with Crippen LogP contribution in [0.5, 0.6) is 5.75 Å². The van der Waals surface area contributed by atoms with Crippen LogP contribution in [0.3, 0.4) is 0 Å². The topological polar surface area (TPSA) is 109 Å². The van der Waals surface area contributed by atoms with E-state index in [4.69, 9.17) is 9.40 Å². The second-order valence-corrected chi connectivity index (χ2v) is 10.6. The summed E-state index contributed by atoms with van der Waals surface area (Å²) < 4.78 is 7.64. The highest BCUT2D eigenvalue weighted by atomic mass is 16.3. The summed E-state index contributed by atoms with van der Waals surface area (Å²) >= 11 is 0. The fraction of sp³-hybridized carbons (Fsp3) is 0.242. The lowest BCUT2D eigenvalue weighted by Gasteiger charge is -2.25. The average Bonchev–Trinajstić information content (AvgIpc) is 3.66. The minimum Gasteiger partial charge on any atom is -0.508 e. The molecule has 1 saturated carbocycles. The number of nitrogens with one attached hydrogen (secondary N) is 2. The Morgan fingerprint density at radius 1 is 0.951 bits per heavy atom. The molecule has 1 fully saturated rings. The summed E-state index contributed by atoms with van der Waals surface area (Å²) in [7, 11) is 0. The molecule has 2 amide bonds. The van der Waals surface area contributed by atoms with Crippen LogP contribution >= 0.6 is 0 Å². The van der Waals surface area contributed by atoms with Crippen molar-refractivity contribution in [2.24, 2.45) is 0 Å². The minimum atomic E-state index is -0.767. The number of benzene rings is 3. The van der Waals surface area contributed by atoms with Crippen LogP contribution in [0.15, 0.2) is 89.7 Å². The molecule has 3 N–H and O–H groups in total. The van der Waals surface area contributed by atoms with Gasteiger partial charge in [0.2, 0.25) is 5.91 Å². The van der Waals surface area contributed by atoms with E-state index in [-0.39, 0.29) is 17.6 Å². The number of nitrogens with zero attached hydrogens (tertiary/aromatic N) is 2. The summed E-state index contributed by atoms with van der Waals surface area (Å²) in [6, 6.07) is 21.3. The van der Waals surface area contributed by atoms with E-state index >= 15 is 0 Å². The van der Waals surface area contributed by atoms with Gasteiger partial charge in [0.05, 0.1) is 22.9 Å². The van der Waals surface area contributed by atoms with Gasteiger partial charge in [0, 0.05) is 17.3 Å². The average molecular weight is 549 g/mol. The molecule has 1 unspecified atom stereocenters. The molecule has 0 radical (unpaired) electrons. The number of imidazole rings is 1. The number of amides is 2. The maximum atomic E-state index is 13.2. The zero-order valence-corrected chi connectivity index (χ0v) is 22.8. The number of rotatable bonds is 7. The largest absolute Gasteiger partial charge is 0.508 e. The van der Waals surface area contributed by atoms with Gasteiger partial charge in [0.1, 0.15) is 23.9 Å². The number of fused-ring (bicyclic) bond motifs is 1. The molecule has 1 aliphatic carbocycles. The van der Waals surface area contributed by atoms with Gasteiger partial charge < -0.3 is 24.7 Å². The highest BCUT2D eigenvalue weighted by molar-refractivity contribution is 6.02. The monoisotopic (exact) mass is 548 g/mol. The third kappa shape index (κ3) is 5.59. The van der Waals surface area contributed by atoms with E-state index in [1.54, 1.807) is 49.8 Å². The summed E-state index contributed by atoms with van der Waals surface area (Å²) in [5, 5.41) is 15.3. The van der Waals surface area contributed by atoms with Crippen molar-refractivity contribution in [3.63, 3.8) is 0 Å². The molecule has 0 spiro atoms. The number of carbonyl (C=O) groups excluding carboxylic acids is 2. The summed E-state index contributed by atoms with van der Waals surface area (Å²) in [5.74, 6) is 0.369. The molecule has 8 nitrogen and oxygen atoms in total. The molecule has 41 heavy (non-hydrogen) atoms. The predicted molar refractivity (Wildman–Crippen MR) is 159 cm³/mol. The molecule has 1 aliphatic rings. The van der Waals surface area contributed by atoms with E-state index in [0.717, 1.165) is 46.4 Å². The van der Waals surface area contributed by atoms with E-state index < -0.39 is 6.04 Å². The van der Waals surface area contributed by atoms with Crippen LogP contribution in [0.1, 0.15) is 55.4 Å². The lowest BCUT2D eigenvalue weighted by molar-refractivity contribution is -0.117. The smallest absolute Gasteiger partial charge is 0.251 e. The molecule has 6 rings (SSSR count). The second-order valence-electron chi connectivity index (χ2n) is 10.6. The van der Waals surface area contributed by atoms with Crippen LogP contribution in [0, 0.1) is 0 Å².